The number of hydrogen-bond acceptors (Lipinski definition) is 4. The lowest BCUT2D eigenvalue weighted by Crippen LogP contribution is -2.41. The highest BCUT2D eigenvalue weighted by Gasteiger charge is 2.27. The zero-order valence-electron chi connectivity index (χ0n) is 8.94. The molecule has 1 saturated heterocycles. The van der Waals surface area contributed by atoms with Crippen LogP contribution in [0.3, 0.4) is 0 Å². The van der Waals surface area contributed by atoms with Crippen LogP contribution in [0.15, 0.2) is 0 Å². The zero-order chi connectivity index (χ0) is 10.7. The molecule has 2 unspecified atom stereocenters. The molecule has 0 bridgehead atoms. The molecule has 1 aliphatic heterocycles. The summed E-state index contributed by atoms with van der Waals surface area (Å²) in [6, 6.07) is -0.0570. The van der Waals surface area contributed by atoms with E-state index in [0.717, 1.165) is 24.5 Å². The molecule has 1 aliphatic rings. The highest BCUT2D eigenvalue weighted by Crippen LogP contribution is 2.18. The Kier molecular flexibility index (Phi) is 3.86. The molecule has 0 saturated carbocycles. The van der Waals surface area contributed by atoms with Crippen molar-refractivity contribution in [2.75, 3.05) is 27.2 Å². The Labute approximate surface area is 85.0 Å². The van der Waals surface area contributed by atoms with Crippen LogP contribution in [0.2, 0.25) is 0 Å². The van der Waals surface area contributed by atoms with Gasteiger partial charge in [0.2, 0.25) is 5.91 Å². The molecule has 2 atom stereocenters. The molecule has 82 valence electrons. The summed E-state index contributed by atoms with van der Waals surface area (Å²) in [5, 5.41) is 1.11. The molecule has 1 amide bonds. The van der Waals surface area contributed by atoms with Gasteiger partial charge in [-0.05, 0) is 25.9 Å². The Balaban J connectivity index is 2.35. The molecule has 5 heteroatoms. The van der Waals surface area contributed by atoms with Gasteiger partial charge in [-0.15, -0.1) is 0 Å². The fraction of sp³-hybridized carbons (Fsp3) is 0.889. The summed E-state index contributed by atoms with van der Waals surface area (Å²) in [6.45, 7) is 2.06. The van der Waals surface area contributed by atoms with E-state index < -0.39 is 0 Å². The minimum absolute atomic E-state index is 0.0570. The Hall–Kier alpha value is -0.650. The maximum Gasteiger partial charge on any atom is 0.237 e. The Morgan fingerprint density at radius 3 is 2.79 bits per heavy atom. The Morgan fingerprint density at radius 2 is 2.36 bits per heavy atom. The number of hydrogen-bond donors (Lipinski definition) is 2. The smallest absolute Gasteiger partial charge is 0.237 e. The van der Waals surface area contributed by atoms with Crippen LogP contribution < -0.4 is 11.6 Å². The maximum atomic E-state index is 11.3. The van der Waals surface area contributed by atoms with Gasteiger partial charge in [0, 0.05) is 26.1 Å². The van der Waals surface area contributed by atoms with Crippen molar-refractivity contribution < 1.29 is 4.79 Å². The second kappa shape index (κ2) is 4.72. The first-order valence-electron chi connectivity index (χ1n) is 4.96. The third-order valence-corrected chi connectivity index (χ3v) is 2.84. The van der Waals surface area contributed by atoms with E-state index in [9.17, 15) is 4.79 Å². The first-order chi connectivity index (χ1) is 6.50. The third kappa shape index (κ3) is 2.94. The summed E-state index contributed by atoms with van der Waals surface area (Å²) in [5.74, 6) is 5.67. The Bertz CT molecular complexity index is 207. The number of hydrazine groups is 1. The second-order valence-corrected chi connectivity index (χ2v) is 4.18. The van der Waals surface area contributed by atoms with Gasteiger partial charge >= 0.3 is 0 Å². The lowest BCUT2D eigenvalue weighted by atomic mass is 9.97. The molecule has 1 heterocycles. The van der Waals surface area contributed by atoms with Gasteiger partial charge in [-0.2, -0.15) is 0 Å². The maximum absolute atomic E-state index is 11.3. The zero-order valence-corrected chi connectivity index (χ0v) is 8.94. The fourth-order valence-electron chi connectivity index (χ4n) is 1.83. The third-order valence-electron chi connectivity index (χ3n) is 2.84. The highest BCUT2D eigenvalue weighted by molar-refractivity contribution is 5.75. The molecule has 0 aromatic rings. The van der Waals surface area contributed by atoms with Gasteiger partial charge in [0.25, 0.3) is 0 Å². The summed E-state index contributed by atoms with van der Waals surface area (Å²) < 4.78 is 0. The molecular weight excluding hydrogens is 180 g/mol. The minimum Gasteiger partial charge on any atom is -0.327 e. The van der Waals surface area contributed by atoms with Gasteiger partial charge in [-0.3, -0.25) is 9.80 Å². The topological polar surface area (TPSA) is 75.6 Å². The van der Waals surface area contributed by atoms with Crippen LogP contribution in [0.1, 0.15) is 12.8 Å². The van der Waals surface area contributed by atoms with Crippen LogP contribution in [0.4, 0.5) is 0 Å². The van der Waals surface area contributed by atoms with E-state index in [4.69, 9.17) is 11.6 Å². The summed E-state index contributed by atoms with van der Waals surface area (Å²) in [6.07, 6.45) is 1.44. The predicted octanol–water partition coefficient (Wildman–Crippen LogP) is -1.01. The van der Waals surface area contributed by atoms with Crippen LogP contribution in [-0.2, 0) is 4.79 Å². The van der Waals surface area contributed by atoms with Crippen molar-refractivity contribution in [3.8, 4) is 0 Å². The normalized spacial score (nSPS) is 25.0. The first-order valence-corrected chi connectivity index (χ1v) is 4.96. The molecular formula is C9H20N4O. The first kappa shape index (κ1) is 11.4. The van der Waals surface area contributed by atoms with Crippen molar-refractivity contribution in [1.82, 2.24) is 9.91 Å². The number of nitrogens with two attached hydrogens (primary N) is 2. The number of likely N-dealkylation sites (tertiary alicyclic amines) is 1. The fourth-order valence-corrected chi connectivity index (χ4v) is 1.83. The van der Waals surface area contributed by atoms with E-state index in [1.807, 2.05) is 0 Å². The number of carbonyl (C=O) groups is 1. The molecule has 14 heavy (non-hydrogen) atoms. The van der Waals surface area contributed by atoms with Gasteiger partial charge in [0.1, 0.15) is 0 Å². The molecule has 5 nitrogen and oxygen atoms in total. The van der Waals surface area contributed by atoms with Crippen molar-refractivity contribution >= 4 is 5.91 Å². The van der Waals surface area contributed by atoms with Crippen molar-refractivity contribution in [3.05, 3.63) is 0 Å². The molecule has 0 aromatic heterocycles. The molecule has 1 rings (SSSR count). The molecule has 0 aliphatic carbocycles. The van der Waals surface area contributed by atoms with E-state index >= 15 is 0 Å². The standard InChI is InChI=1S/C9H20N4O/c1-12-4-3-7(6-12)8(10)5-9(14)13(2)11/h7-8H,3-6,10-11H2,1-2H3. The highest BCUT2D eigenvalue weighted by atomic mass is 16.2. The summed E-state index contributed by atoms with van der Waals surface area (Å²) in [7, 11) is 3.62. The Morgan fingerprint density at radius 1 is 1.71 bits per heavy atom. The summed E-state index contributed by atoms with van der Waals surface area (Å²) >= 11 is 0. The average molecular weight is 200 g/mol. The van der Waals surface area contributed by atoms with Gasteiger partial charge in [-0.1, -0.05) is 0 Å². The molecule has 4 N–H and O–H groups in total. The van der Waals surface area contributed by atoms with Crippen LogP contribution in [0, 0.1) is 5.92 Å². The van der Waals surface area contributed by atoms with Crippen molar-refractivity contribution in [2.24, 2.45) is 17.5 Å². The molecule has 0 aromatic carbocycles. The largest absolute Gasteiger partial charge is 0.327 e. The number of amides is 1. The van der Waals surface area contributed by atoms with Crippen molar-refractivity contribution in [1.29, 1.82) is 0 Å². The number of carbonyl (C=O) groups excluding carboxylic acids is 1. The van der Waals surface area contributed by atoms with Crippen LogP contribution in [0.5, 0.6) is 0 Å². The van der Waals surface area contributed by atoms with E-state index in [0.29, 0.717) is 12.3 Å². The minimum atomic E-state index is -0.0907. The van der Waals surface area contributed by atoms with Gasteiger partial charge in [0.05, 0.1) is 0 Å². The van der Waals surface area contributed by atoms with E-state index in [-0.39, 0.29) is 11.9 Å². The lowest BCUT2D eigenvalue weighted by Gasteiger charge is -2.20. The van der Waals surface area contributed by atoms with Gasteiger partial charge in [-0.25, -0.2) is 5.84 Å². The summed E-state index contributed by atoms with van der Waals surface area (Å²) in [5.41, 5.74) is 5.95. The number of nitrogens with zero attached hydrogens (tertiary/aromatic N) is 2. The van der Waals surface area contributed by atoms with Crippen LogP contribution in [-0.4, -0.2) is 49.0 Å². The van der Waals surface area contributed by atoms with E-state index in [2.05, 4.69) is 11.9 Å². The van der Waals surface area contributed by atoms with Crippen molar-refractivity contribution in [2.45, 2.75) is 18.9 Å². The second-order valence-electron chi connectivity index (χ2n) is 4.18. The van der Waals surface area contributed by atoms with Crippen LogP contribution in [0.25, 0.3) is 0 Å². The molecule has 1 fully saturated rings. The lowest BCUT2D eigenvalue weighted by molar-refractivity contribution is -0.130. The van der Waals surface area contributed by atoms with E-state index in [1.165, 1.54) is 0 Å². The molecule has 0 spiro atoms. The quantitative estimate of drug-likeness (QED) is 0.348. The van der Waals surface area contributed by atoms with Gasteiger partial charge < -0.3 is 10.6 Å². The summed E-state index contributed by atoms with van der Waals surface area (Å²) in [4.78, 5) is 13.5. The monoisotopic (exact) mass is 200 g/mol. The predicted molar refractivity (Wildman–Crippen MR) is 55.2 cm³/mol. The average Bonchev–Trinajstić information content (AvgIpc) is 2.51. The number of rotatable bonds is 3. The molecule has 0 radical (unpaired) electrons. The van der Waals surface area contributed by atoms with Crippen LogP contribution >= 0.6 is 0 Å². The SMILES string of the molecule is CN1CCC(C(N)CC(=O)N(C)N)C1. The van der Waals surface area contributed by atoms with Gasteiger partial charge in [0.15, 0.2) is 0 Å². The van der Waals surface area contributed by atoms with Crippen molar-refractivity contribution in [3.63, 3.8) is 0 Å². The van der Waals surface area contributed by atoms with E-state index in [1.54, 1.807) is 7.05 Å².